The molecule has 3 aliphatic rings. The number of nitrogens with one attached hydrogen (secondary N) is 3. The third kappa shape index (κ3) is 6.92. The molecule has 250 valence electrons. The molecule has 2 aromatic carbocycles. The normalized spacial score (nSPS) is 22.1. The Morgan fingerprint density at radius 1 is 1.09 bits per heavy atom. The molecule has 4 heterocycles. The van der Waals surface area contributed by atoms with E-state index in [2.05, 4.69) is 46.6 Å². The van der Waals surface area contributed by atoms with E-state index in [1.165, 1.54) is 17.7 Å². The molecule has 3 atom stereocenters. The van der Waals surface area contributed by atoms with Gasteiger partial charge in [-0.25, -0.2) is 19.2 Å². The summed E-state index contributed by atoms with van der Waals surface area (Å²) in [5.74, 6) is 1.67. The Kier molecular flexibility index (Phi) is 8.79. The Hall–Kier alpha value is -3.45. The number of likely N-dealkylation sites (tertiary alicyclic amines) is 1. The van der Waals surface area contributed by atoms with E-state index >= 15 is 0 Å². The number of H-pyrrole nitrogens is 2. The number of aromatic nitrogens is 4. The first-order chi connectivity index (χ1) is 22.5. The topological polar surface area (TPSA) is 125 Å². The van der Waals surface area contributed by atoms with Crippen LogP contribution in [0.3, 0.4) is 0 Å². The van der Waals surface area contributed by atoms with Crippen LogP contribution in [0.4, 0.5) is 10.2 Å². The van der Waals surface area contributed by atoms with Crippen molar-refractivity contribution >= 4 is 28.2 Å². The molecule has 10 nitrogen and oxygen atoms in total. The summed E-state index contributed by atoms with van der Waals surface area (Å²) in [6.07, 6.45) is 9.56. The molecule has 1 saturated carbocycles. The van der Waals surface area contributed by atoms with Gasteiger partial charge in [0.1, 0.15) is 22.6 Å². The van der Waals surface area contributed by atoms with Crippen molar-refractivity contribution < 1.29 is 13.7 Å². The second kappa shape index (κ2) is 12.9. The molecule has 7 rings (SSSR count). The van der Waals surface area contributed by atoms with Crippen LogP contribution in [0.15, 0.2) is 53.7 Å². The Balaban J connectivity index is 1.09. The molecule has 2 aromatic heterocycles. The molecule has 3 fully saturated rings. The predicted octanol–water partition coefficient (Wildman–Crippen LogP) is 5.96. The number of benzene rings is 2. The Morgan fingerprint density at radius 2 is 1.87 bits per heavy atom. The maximum Gasteiger partial charge on any atom is 0.323 e. The lowest BCUT2D eigenvalue weighted by atomic mass is 9.86. The molecular formula is C35H44FN7O3S. The van der Waals surface area contributed by atoms with E-state index in [-0.39, 0.29) is 28.9 Å². The number of ether oxygens (including phenoxy) is 1. The second-order valence-corrected chi connectivity index (χ2v) is 16.6. The minimum Gasteiger partial charge on any atom is -0.598 e. The number of fused-ring (bicyclic) bond motifs is 1. The standard InChI is InChI=1S/C35H44FN7O3S/c1-34(2,3)47(45)41-31(24-6-4-5-7-24)26-17-25(36)9-11-29(26)46-30-18-37-22-38-32(30)43-15-13-35(21-43)12-14-42(20-35)19-23-8-10-27-28(16-23)40-33(44)39-27/h8-11,16-18,22,24,31,41H,4-7,12-15,19-21H2,1-3H3,(H2,39,40,44). The predicted molar refractivity (Wildman–Crippen MR) is 182 cm³/mol. The van der Waals surface area contributed by atoms with Gasteiger partial charge in [0, 0.05) is 48.5 Å². The van der Waals surface area contributed by atoms with Crippen LogP contribution in [0.5, 0.6) is 11.5 Å². The third-order valence-electron chi connectivity index (χ3n) is 10.1. The minimum atomic E-state index is -1.34. The van der Waals surface area contributed by atoms with Crippen LogP contribution >= 0.6 is 0 Å². The zero-order chi connectivity index (χ0) is 32.8. The molecule has 4 aromatic rings. The van der Waals surface area contributed by atoms with Crippen LogP contribution in [-0.2, 0) is 17.9 Å². The third-order valence-corrected chi connectivity index (χ3v) is 11.7. The highest BCUT2D eigenvalue weighted by molar-refractivity contribution is 7.90. The lowest BCUT2D eigenvalue weighted by Crippen LogP contribution is -2.43. The molecule has 2 saturated heterocycles. The zero-order valence-electron chi connectivity index (χ0n) is 27.4. The van der Waals surface area contributed by atoms with Gasteiger partial charge >= 0.3 is 5.69 Å². The Labute approximate surface area is 277 Å². The van der Waals surface area contributed by atoms with Crippen LogP contribution in [-0.4, -0.2) is 60.3 Å². The van der Waals surface area contributed by atoms with Gasteiger partial charge in [0.05, 0.1) is 23.3 Å². The van der Waals surface area contributed by atoms with E-state index in [9.17, 15) is 13.7 Å². The Morgan fingerprint density at radius 3 is 2.68 bits per heavy atom. The Bertz CT molecular complexity index is 1780. The van der Waals surface area contributed by atoms with Crippen molar-refractivity contribution in [3.8, 4) is 11.5 Å². The van der Waals surface area contributed by atoms with Gasteiger partial charge in [-0.2, -0.15) is 0 Å². The summed E-state index contributed by atoms with van der Waals surface area (Å²) in [4.78, 5) is 31.2. The fourth-order valence-corrected chi connectivity index (χ4v) is 8.54. The first kappa shape index (κ1) is 32.1. The molecule has 2 aliphatic heterocycles. The van der Waals surface area contributed by atoms with Crippen molar-refractivity contribution in [3.63, 3.8) is 0 Å². The summed E-state index contributed by atoms with van der Waals surface area (Å²) in [6.45, 7) is 10.3. The lowest BCUT2D eigenvalue weighted by Gasteiger charge is -2.32. The first-order valence-corrected chi connectivity index (χ1v) is 17.8. The number of anilines is 1. The highest BCUT2D eigenvalue weighted by Gasteiger charge is 2.44. The van der Waals surface area contributed by atoms with Gasteiger partial charge in [-0.3, -0.25) is 4.90 Å². The second-order valence-electron chi connectivity index (χ2n) is 14.6. The SMILES string of the molecule is CC(C)(C)[S+]([O-])NC(c1cc(F)ccc1Oc1cncnc1N1CCC2(CCN(Cc3ccc4[nH]c(=O)[nH]c4c3)C2)C1)C1CCCC1. The fraction of sp³-hybridized carbons (Fsp3) is 0.514. The zero-order valence-corrected chi connectivity index (χ0v) is 28.2. The van der Waals surface area contributed by atoms with E-state index in [1.807, 2.05) is 26.8 Å². The van der Waals surface area contributed by atoms with Crippen molar-refractivity contribution in [2.75, 3.05) is 31.1 Å². The van der Waals surface area contributed by atoms with Gasteiger partial charge in [-0.15, -0.1) is 4.72 Å². The summed E-state index contributed by atoms with van der Waals surface area (Å²) in [6, 6.07) is 10.4. The monoisotopic (exact) mass is 661 g/mol. The van der Waals surface area contributed by atoms with Gasteiger partial charge in [0.25, 0.3) is 0 Å². The molecule has 12 heteroatoms. The quantitative estimate of drug-likeness (QED) is 0.188. The van der Waals surface area contributed by atoms with Gasteiger partial charge in [0.15, 0.2) is 11.6 Å². The largest absolute Gasteiger partial charge is 0.598 e. The summed E-state index contributed by atoms with van der Waals surface area (Å²) >= 11 is -1.34. The number of rotatable bonds is 9. The van der Waals surface area contributed by atoms with Crippen molar-refractivity contribution in [2.45, 2.75) is 76.6 Å². The number of halogens is 1. The molecule has 0 bridgehead atoms. The average Bonchev–Trinajstić information content (AvgIpc) is 3.85. The van der Waals surface area contributed by atoms with Gasteiger partial charge in [-0.05, 0) is 94.8 Å². The maximum absolute atomic E-state index is 14.8. The highest BCUT2D eigenvalue weighted by atomic mass is 32.2. The molecule has 1 spiro atoms. The summed E-state index contributed by atoms with van der Waals surface area (Å²) < 4.78 is 37.6. The molecule has 1 aliphatic carbocycles. The maximum atomic E-state index is 14.8. The molecule has 0 amide bonds. The van der Waals surface area contributed by atoms with E-state index in [1.54, 1.807) is 18.6 Å². The molecule has 3 unspecified atom stereocenters. The van der Waals surface area contributed by atoms with E-state index in [4.69, 9.17) is 4.74 Å². The molecule has 0 radical (unpaired) electrons. The van der Waals surface area contributed by atoms with E-state index < -0.39 is 16.1 Å². The van der Waals surface area contributed by atoms with Crippen LogP contribution in [0.2, 0.25) is 0 Å². The van der Waals surface area contributed by atoms with Crippen molar-refractivity contribution in [2.24, 2.45) is 11.3 Å². The van der Waals surface area contributed by atoms with Crippen LogP contribution < -0.4 is 20.0 Å². The van der Waals surface area contributed by atoms with Gasteiger partial charge < -0.3 is 24.2 Å². The van der Waals surface area contributed by atoms with Gasteiger partial charge in [0.2, 0.25) is 0 Å². The number of nitrogens with zero attached hydrogens (tertiary/aromatic N) is 4. The smallest absolute Gasteiger partial charge is 0.323 e. The summed E-state index contributed by atoms with van der Waals surface area (Å²) in [5.41, 5.74) is 3.47. The van der Waals surface area contributed by atoms with Crippen molar-refractivity contribution in [1.29, 1.82) is 0 Å². The number of hydrogen-bond acceptors (Lipinski definition) is 8. The van der Waals surface area contributed by atoms with E-state index in [0.717, 1.165) is 88.1 Å². The minimum absolute atomic E-state index is 0.143. The number of aromatic amines is 2. The summed E-state index contributed by atoms with van der Waals surface area (Å²) in [5, 5.41) is 0. The van der Waals surface area contributed by atoms with Crippen molar-refractivity contribution in [1.82, 2.24) is 29.6 Å². The van der Waals surface area contributed by atoms with Crippen LogP contribution in [0.1, 0.15) is 76.5 Å². The molecule has 47 heavy (non-hydrogen) atoms. The number of imidazole rings is 1. The molecular weight excluding hydrogens is 617 g/mol. The highest BCUT2D eigenvalue weighted by Crippen LogP contribution is 2.45. The fourth-order valence-electron chi connectivity index (χ4n) is 7.64. The summed E-state index contributed by atoms with van der Waals surface area (Å²) in [7, 11) is 0. The van der Waals surface area contributed by atoms with E-state index in [0.29, 0.717) is 17.1 Å². The lowest BCUT2D eigenvalue weighted by molar-refractivity contribution is 0.270. The average molecular weight is 662 g/mol. The van der Waals surface area contributed by atoms with Gasteiger partial charge in [-0.1, -0.05) is 18.9 Å². The number of hydrogen-bond donors (Lipinski definition) is 3. The van der Waals surface area contributed by atoms with Crippen molar-refractivity contribution in [3.05, 3.63) is 76.4 Å². The molecule has 3 N–H and O–H groups in total. The first-order valence-electron chi connectivity index (χ1n) is 16.7. The van der Waals surface area contributed by atoms with Crippen LogP contribution in [0.25, 0.3) is 11.0 Å². The van der Waals surface area contributed by atoms with Crippen LogP contribution in [0, 0.1) is 17.2 Å².